The molecule has 0 N–H and O–H groups in total. The van der Waals surface area contributed by atoms with Crippen molar-refractivity contribution in [2.24, 2.45) is 0 Å². The summed E-state index contributed by atoms with van der Waals surface area (Å²) >= 11 is 12.0. The van der Waals surface area contributed by atoms with Crippen LogP contribution in [0.3, 0.4) is 0 Å². The number of hydrogen-bond acceptors (Lipinski definition) is 3. The van der Waals surface area contributed by atoms with Gasteiger partial charge in [-0.2, -0.15) is 5.26 Å². The number of piperazine rings is 1. The maximum atomic E-state index is 8.52. The van der Waals surface area contributed by atoms with Crippen LogP contribution >= 0.6 is 23.2 Å². The number of rotatable bonds is 5. The van der Waals surface area contributed by atoms with Gasteiger partial charge in [0.1, 0.15) is 0 Å². The number of hydrogen-bond donors (Lipinski definition) is 0. The molecule has 5 heteroatoms. The van der Waals surface area contributed by atoms with Crippen molar-refractivity contribution in [3.8, 4) is 6.07 Å². The SMILES string of the molecule is N#CCCCCN1CCN(c2ccc(Cl)c(Cl)c2)CC1. The summed E-state index contributed by atoms with van der Waals surface area (Å²) in [6.45, 7) is 5.24. The lowest BCUT2D eigenvalue weighted by Crippen LogP contribution is -2.46. The van der Waals surface area contributed by atoms with Crippen LogP contribution in [-0.2, 0) is 0 Å². The Balaban J connectivity index is 1.79. The highest BCUT2D eigenvalue weighted by Gasteiger charge is 2.17. The monoisotopic (exact) mass is 311 g/mol. The highest BCUT2D eigenvalue weighted by atomic mass is 35.5. The Labute approximate surface area is 130 Å². The number of nitriles is 1. The van der Waals surface area contributed by atoms with Gasteiger partial charge in [0, 0.05) is 38.3 Å². The summed E-state index contributed by atoms with van der Waals surface area (Å²) in [6, 6.07) is 8.01. The fourth-order valence-corrected chi connectivity index (χ4v) is 2.74. The van der Waals surface area contributed by atoms with Gasteiger partial charge in [0.2, 0.25) is 0 Å². The van der Waals surface area contributed by atoms with Gasteiger partial charge < -0.3 is 4.90 Å². The van der Waals surface area contributed by atoms with Crippen LogP contribution in [0.2, 0.25) is 10.0 Å². The molecule has 1 heterocycles. The summed E-state index contributed by atoms with van der Waals surface area (Å²) < 4.78 is 0. The van der Waals surface area contributed by atoms with E-state index in [-0.39, 0.29) is 0 Å². The van der Waals surface area contributed by atoms with Gasteiger partial charge in [-0.15, -0.1) is 0 Å². The second-order valence-corrected chi connectivity index (χ2v) is 5.86. The molecule has 0 saturated carbocycles. The van der Waals surface area contributed by atoms with Gasteiger partial charge in [-0.3, -0.25) is 4.90 Å². The molecular weight excluding hydrogens is 293 g/mol. The fourth-order valence-electron chi connectivity index (χ4n) is 2.45. The Morgan fingerprint density at radius 2 is 1.80 bits per heavy atom. The molecule has 1 aromatic carbocycles. The molecule has 108 valence electrons. The molecule has 0 unspecified atom stereocenters. The van der Waals surface area contributed by atoms with Crippen molar-refractivity contribution in [2.45, 2.75) is 19.3 Å². The van der Waals surface area contributed by atoms with Crippen molar-refractivity contribution >= 4 is 28.9 Å². The van der Waals surface area contributed by atoms with E-state index in [1.165, 1.54) is 0 Å². The van der Waals surface area contributed by atoms with Gasteiger partial charge in [0.15, 0.2) is 0 Å². The summed E-state index contributed by atoms with van der Waals surface area (Å²) in [5.74, 6) is 0. The van der Waals surface area contributed by atoms with Crippen LogP contribution in [0, 0.1) is 11.3 Å². The Morgan fingerprint density at radius 1 is 1.05 bits per heavy atom. The largest absolute Gasteiger partial charge is 0.369 e. The van der Waals surface area contributed by atoms with Crippen LogP contribution in [-0.4, -0.2) is 37.6 Å². The first-order chi connectivity index (χ1) is 9.70. The molecule has 3 nitrogen and oxygen atoms in total. The Hall–Kier alpha value is -0.950. The second kappa shape index (κ2) is 7.73. The zero-order valence-corrected chi connectivity index (χ0v) is 13.0. The number of anilines is 1. The van der Waals surface area contributed by atoms with Crippen molar-refractivity contribution in [1.29, 1.82) is 5.26 Å². The molecule has 1 saturated heterocycles. The van der Waals surface area contributed by atoms with E-state index in [0.29, 0.717) is 16.5 Å². The minimum Gasteiger partial charge on any atom is -0.369 e. The molecule has 20 heavy (non-hydrogen) atoms. The number of nitrogens with zero attached hydrogens (tertiary/aromatic N) is 3. The van der Waals surface area contributed by atoms with E-state index in [9.17, 15) is 0 Å². The average Bonchev–Trinajstić information content (AvgIpc) is 2.47. The molecule has 0 atom stereocenters. The minimum atomic E-state index is 0.603. The van der Waals surface area contributed by atoms with E-state index >= 15 is 0 Å². The Morgan fingerprint density at radius 3 is 2.45 bits per heavy atom. The summed E-state index contributed by atoms with van der Waals surface area (Å²) in [7, 11) is 0. The molecule has 0 spiro atoms. The molecule has 0 aromatic heterocycles. The lowest BCUT2D eigenvalue weighted by Gasteiger charge is -2.36. The quantitative estimate of drug-likeness (QED) is 0.775. The fraction of sp³-hybridized carbons (Fsp3) is 0.533. The Bertz CT molecular complexity index is 476. The third-order valence-electron chi connectivity index (χ3n) is 3.65. The van der Waals surface area contributed by atoms with E-state index in [1.807, 2.05) is 18.2 Å². The van der Waals surface area contributed by atoms with Gasteiger partial charge >= 0.3 is 0 Å². The van der Waals surface area contributed by atoms with E-state index < -0.39 is 0 Å². The molecule has 0 aliphatic carbocycles. The van der Waals surface area contributed by atoms with Gasteiger partial charge in [-0.1, -0.05) is 23.2 Å². The van der Waals surface area contributed by atoms with Gasteiger partial charge in [-0.25, -0.2) is 0 Å². The van der Waals surface area contributed by atoms with Crippen molar-refractivity contribution in [3.05, 3.63) is 28.2 Å². The average molecular weight is 312 g/mol. The van der Waals surface area contributed by atoms with Crippen molar-refractivity contribution in [1.82, 2.24) is 4.90 Å². The molecule has 1 aromatic rings. The predicted octanol–water partition coefficient (Wildman–Crippen LogP) is 3.81. The smallest absolute Gasteiger partial charge is 0.0621 e. The normalized spacial score (nSPS) is 16.1. The second-order valence-electron chi connectivity index (χ2n) is 5.04. The predicted molar refractivity (Wildman–Crippen MR) is 84.6 cm³/mol. The summed E-state index contributed by atoms with van der Waals surface area (Å²) in [5.41, 5.74) is 1.14. The Kier molecular flexibility index (Phi) is 5.97. The maximum absolute atomic E-state index is 8.52. The summed E-state index contributed by atoms with van der Waals surface area (Å²) in [4.78, 5) is 4.80. The van der Waals surface area contributed by atoms with Crippen LogP contribution in [0.15, 0.2) is 18.2 Å². The number of benzene rings is 1. The third kappa shape index (κ3) is 4.28. The van der Waals surface area contributed by atoms with Crippen LogP contribution in [0.1, 0.15) is 19.3 Å². The first kappa shape index (κ1) is 15.4. The summed E-state index contributed by atoms with van der Waals surface area (Å²) in [5, 5.41) is 9.73. The highest BCUT2D eigenvalue weighted by Crippen LogP contribution is 2.27. The van der Waals surface area contributed by atoms with E-state index in [1.54, 1.807) is 0 Å². The van der Waals surface area contributed by atoms with Gasteiger partial charge in [0.05, 0.1) is 16.1 Å². The van der Waals surface area contributed by atoms with Crippen LogP contribution in [0.25, 0.3) is 0 Å². The maximum Gasteiger partial charge on any atom is 0.0621 e. The first-order valence-electron chi connectivity index (χ1n) is 7.00. The lowest BCUT2D eigenvalue weighted by atomic mass is 10.2. The first-order valence-corrected chi connectivity index (χ1v) is 7.75. The van der Waals surface area contributed by atoms with Crippen molar-refractivity contribution in [2.75, 3.05) is 37.6 Å². The molecule has 2 rings (SSSR count). The summed E-state index contributed by atoms with van der Waals surface area (Å²) in [6.07, 6.45) is 2.78. The minimum absolute atomic E-state index is 0.603. The van der Waals surface area contributed by atoms with E-state index in [2.05, 4.69) is 15.9 Å². The third-order valence-corrected chi connectivity index (χ3v) is 4.39. The molecule has 0 amide bonds. The van der Waals surface area contributed by atoms with Crippen molar-refractivity contribution in [3.63, 3.8) is 0 Å². The topological polar surface area (TPSA) is 30.3 Å². The lowest BCUT2D eigenvalue weighted by molar-refractivity contribution is 0.253. The molecule has 1 aliphatic rings. The standard InChI is InChI=1S/C15H19Cl2N3/c16-14-5-4-13(12-15(14)17)20-10-8-19(9-11-20)7-3-1-2-6-18/h4-5,12H,1-3,7-11H2. The zero-order valence-electron chi connectivity index (χ0n) is 11.5. The number of halogens is 2. The van der Waals surface area contributed by atoms with Crippen LogP contribution in [0.4, 0.5) is 5.69 Å². The molecule has 0 bridgehead atoms. The highest BCUT2D eigenvalue weighted by molar-refractivity contribution is 6.42. The van der Waals surface area contributed by atoms with Crippen LogP contribution in [0.5, 0.6) is 0 Å². The zero-order chi connectivity index (χ0) is 14.4. The molecule has 0 radical (unpaired) electrons. The van der Waals surface area contributed by atoms with Crippen LogP contribution < -0.4 is 4.90 Å². The van der Waals surface area contributed by atoms with E-state index in [0.717, 1.165) is 51.3 Å². The van der Waals surface area contributed by atoms with Gasteiger partial charge in [0.25, 0.3) is 0 Å². The molecular formula is C15H19Cl2N3. The molecule has 1 aliphatic heterocycles. The van der Waals surface area contributed by atoms with Gasteiger partial charge in [-0.05, 0) is 37.6 Å². The van der Waals surface area contributed by atoms with E-state index in [4.69, 9.17) is 28.5 Å². The molecule has 1 fully saturated rings. The van der Waals surface area contributed by atoms with Crippen molar-refractivity contribution < 1.29 is 0 Å². The number of unbranched alkanes of at least 4 members (excludes halogenated alkanes) is 2.